The third kappa shape index (κ3) is 2.00. The summed E-state index contributed by atoms with van der Waals surface area (Å²) in [4.78, 5) is 2.32. The van der Waals surface area contributed by atoms with Crippen LogP contribution in [0.3, 0.4) is 0 Å². The molecule has 1 saturated heterocycles. The maximum atomic E-state index is 5.13. The second-order valence-corrected chi connectivity index (χ2v) is 6.07. The Hall–Kier alpha value is -0.840. The number of rotatable bonds is 1. The molecule has 0 amide bonds. The van der Waals surface area contributed by atoms with Crippen molar-refractivity contribution in [2.45, 2.75) is 27.2 Å². The van der Waals surface area contributed by atoms with Gasteiger partial charge in [0, 0.05) is 20.1 Å². The molecule has 1 aliphatic heterocycles. The first-order valence-electron chi connectivity index (χ1n) is 5.76. The van der Waals surface area contributed by atoms with Crippen molar-refractivity contribution >= 4 is 18.2 Å². The summed E-state index contributed by atoms with van der Waals surface area (Å²) >= 11 is 5.13. The van der Waals surface area contributed by atoms with Gasteiger partial charge in [0.1, 0.15) is 0 Å². The van der Waals surface area contributed by atoms with Gasteiger partial charge in [0.15, 0.2) is 4.77 Å². The molecular weight excluding hydrogens is 220 g/mol. The Morgan fingerprint density at radius 3 is 2.56 bits per heavy atom. The van der Waals surface area contributed by atoms with Crippen molar-refractivity contribution in [2.24, 2.45) is 18.4 Å². The highest BCUT2D eigenvalue weighted by atomic mass is 32.1. The lowest BCUT2D eigenvalue weighted by atomic mass is 9.80. The molecule has 1 aromatic rings. The summed E-state index contributed by atoms with van der Waals surface area (Å²) in [7, 11) is 1.96. The zero-order valence-corrected chi connectivity index (χ0v) is 11.3. The number of nitrogens with one attached hydrogen (secondary N) is 1. The van der Waals surface area contributed by atoms with Crippen LogP contribution in [-0.2, 0) is 7.05 Å². The number of hydrogen-bond acceptors (Lipinski definition) is 3. The van der Waals surface area contributed by atoms with E-state index < -0.39 is 0 Å². The Labute approximate surface area is 102 Å². The van der Waals surface area contributed by atoms with Crippen LogP contribution < -0.4 is 4.90 Å². The standard InChI is InChI=1S/C11H20N4S/c1-11(2,3)8-5-6-15(7-8)9-12-13-10(16)14(9)4/h8H,5-7H2,1-4H3,(H,13,16). The van der Waals surface area contributed by atoms with Crippen molar-refractivity contribution in [1.29, 1.82) is 0 Å². The number of nitrogens with zero attached hydrogens (tertiary/aromatic N) is 3. The summed E-state index contributed by atoms with van der Waals surface area (Å²) in [5, 5.41) is 7.13. The molecule has 0 aliphatic carbocycles. The van der Waals surface area contributed by atoms with Crippen LogP contribution in [0.15, 0.2) is 0 Å². The third-order valence-electron chi connectivity index (χ3n) is 3.55. The molecule has 0 aromatic carbocycles. The van der Waals surface area contributed by atoms with E-state index in [0.717, 1.165) is 25.0 Å². The van der Waals surface area contributed by atoms with Gasteiger partial charge in [0.25, 0.3) is 0 Å². The third-order valence-corrected chi connectivity index (χ3v) is 3.92. The fourth-order valence-corrected chi connectivity index (χ4v) is 2.40. The minimum Gasteiger partial charge on any atom is -0.341 e. The van der Waals surface area contributed by atoms with E-state index in [-0.39, 0.29) is 0 Å². The van der Waals surface area contributed by atoms with Crippen molar-refractivity contribution in [2.75, 3.05) is 18.0 Å². The van der Waals surface area contributed by atoms with Crippen LogP contribution in [0, 0.1) is 16.1 Å². The molecule has 16 heavy (non-hydrogen) atoms. The molecule has 5 heteroatoms. The molecule has 0 spiro atoms. The van der Waals surface area contributed by atoms with Crippen LogP contribution in [0.2, 0.25) is 0 Å². The Bertz CT molecular complexity index is 426. The van der Waals surface area contributed by atoms with Gasteiger partial charge < -0.3 is 4.90 Å². The first-order valence-corrected chi connectivity index (χ1v) is 6.17. The Morgan fingerprint density at radius 1 is 1.44 bits per heavy atom. The molecule has 2 rings (SSSR count). The van der Waals surface area contributed by atoms with Gasteiger partial charge in [-0.2, -0.15) is 0 Å². The summed E-state index contributed by atoms with van der Waals surface area (Å²) in [5.74, 6) is 1.70. The van der Waals surface area contributed by atoms with Crippen molar-refractivity contribution in [3.8, 4) is 0 Å². The minimum absolute atomic E-state index is 0.375. The lowest BCUT2D eigenvalue weighted by Crippen LogP contribution is -2.27. The molecule has 2 heterocycles. The van der Waals surface area contributed by atoms with Gasteiger partial charge in [-0.25, -0.2) is 5.10 Å². The summed E-state index contributed by atoms with van der Waals surface area (Å²) in [6.45, 7) is 9.09. The Kier molecular flexibility index (Phi) is 2.82. The average Bonchev–Trinajstić information content (AvgIpc) is 2.74. The van der Waals surface area contributed by atoms with Gasteiger partial charge in [-0.3, -0.25) is 4.57 Å². The highest BCUT2D eigenvalue weighted by molar-refractivity contribution is 7.71. The van der Waals surface area contributed by atoms with E-state index in [4.69, 9.17) is 12.2 Å². The average molecular weight is 240 g/mol. The predicted octanol–water partition coefficient (Wildman–Crippen LogP) is 2.35. The SMILES string of the molecule is Cn1c(N2CCC(C(C)(C)C)C2)n[nH]c1=S. The van der Waals surface area contributed by atoms with E-state index in [1.807, 2.05) is 11.6 Å². The highest BCUT2D eigenvalue weighted by Gasteiger charge is 2.33. The molecule has 90 valence electrons. The number of H-pyrrole nitrogens is 1. The molecule has 1 unspecified atom stereocenters. The second-order valence-electron chi connectivity index (χ2n) is 5.69. The maximum absolute atomic E-state index is 5.13. The van der Waals surface area contributed by atoms with E-state index in [2.05, 4.69) is 35.9 Å². The molecule has 0 saturated carbocycles. The summed E-state index contributed by atoms with van der Waals surface area (Å²) in [6.07, 6.45) is 1.24. The Balaban J connectivity index is 2.15. The molecule has 1 N–H and O–H groups in total. The summed E-state index contributed by atoms with van der Waals surface area (Å²) in [6, 6.07) is 0. The van der Waals surface area contributed by atoms with Crippen LogP contribution in [-0.4, -0.2) is 27.9 Å². The molecule has 1 fully saturated rings. The molecule has 0 radical (unpaired) electrons. The van der Waals surface area contributed by atoms with E-state index in [9.17, 15) is 0 Å². The maximum Gasteiger partial charge on any atom is 0.225 e. The number of anilines is 1. The summed E-state index contributed by atoms with van der Waals surface area (Å²) < 4.78 is 2.63. The van der Waals surface area contributed by atoms with Crippen LogP contribution >= 0.6 is 12.2 Å². The number of aromatic amines is 1. The van der Waals surface area contributed by atoms with E-state index in [0.29, 0.717) is 10.2 Å². The van der Waals surface area contributed by atoms with Crippen molar-refractivity contribution < 1.29 is 0 Å². The van der Waals surface area contributed by atoms with Gasteiger partial charge in [0.05, 0.1) is 0 Å². The largest absolute Gasteiger partial charge is 0.341 e. The van der Waals surface area contributed by atoms with Gasteiger partial charge in [-0.05, 0) is 30.0 Å². The van der Waals surface area contributed by atoms with Crippen LogP contribution in [0.4, 0.5) is 5.95 Å². The Morgan fingerprint density at radius 2 is 2.12 bits per heavy atom. The zero-order chi connectivity index (χ0) is 11.9. The van der Waals surface area contributed by atoms with E-state index in [1.54, 1.807) is 0 Å². The quantitative estimate of drug-likeness (QED) is 0.766. The van der Waals surface area contributed by atoms with Crippen molar-refractivity contribution in [1.82, 2.24) is 14.8 Å². The van der Waals surface area contributed by atoms with Gasteiger partial charge in [0.2, 0.25) is 5.95 Å². The topological polar surface area (TPSA) is 36.9 Å². The van der Waals surface area contributed by atoms with Gasteiger partial charge in [-0.15, -0.1) is 5.10 Å². The van der Waals surface area contributed by atoms with Crippen molar-refractivity contribution in [3.05, 3.63) is 4.77 Å². The van der Waals surface area contributed by atoms with Crippen molar-refractivity contribution in [3.63, 3.8) is 0 Å². The molecule has 1 atom stereocenters. The minimum atomic E-state index is 0.375. The lowest BCUT2D eigenvalue weighted by Gasteiger charge is -2.27. The normalized spacial score (nSPS) is 21.8. The first kappa shape index (κ1) is 11.6. The highest BCUT2D eigenvalue weighted by Crippen LogP contribution is 2.34. The predicted molar refractivity (Wildman–Crippen MR) is 68.2 cm³/mol. The second kappa shape index (κ2) is 3.87. The fraction of sp³-hybridized carbons (Fsp3) is 0.818. The fourth-order valence-electron chi connectivity index (χ4n) is 2.27. The van der Waals surface area contributed by atoms with E-state index in [1.165, 1.54) is 6.42 Å². The molecular formula is C11H20N4S. The zero-order valence-electron chi connectivity index (χ0n) is 10.4. The molecule has 4 nitrogen and oxygen atoms in total. The van der Waals surface area contributed by atoms with Crippen LogP contribution in [0.1, 0.15) is 27.2 Å². The molecule has 1 aromatic heterocycles. The lowest BCUT2D eigenvalue weighted by molar-refractivity contribution is 0.263. The van der Waals surface area contributed by atoms with Crippen LogP contribution in [0.5, 0.6) is 0 Å². The van der Waals surface area contributed by atoms with E-state index >= 15 is 0 Å². The first-order chi connectivity index (χ1) is 7.39. The van der Waals surface area contributed by atoms with Gasteiger partial charge in [-0.1, -0.05) is 20.8 Å². The number of hydrogen-bond donors (Lipinski definition) is 1. The monoisotopic (exact) mass is 240 g/mol. The number of aromatic nitrogens is 3. The summed E-state index contributed by atoms with van der Waals surface area (Å²) in [5.41, 5.74) is 0.375. The van der Waals surface area contributed by atoms with Gasteiger partial charge >= 0.3 is 0 Å². The molecule has 1 aliphatic rings. The smallest absolute Gasteiger partial charge is 0.225 e. The van der Waals surface area contributed by atoms with Crippen LogP contribution in [0.25, 0.3) is 0 Å². The molecule has 0 bridgehead atoms.